The molecule has 3 heterocycles. The molecule has 1 amide bonds. The first-order valence-electron chi connectivity index (χ1n) is 10.7. The molecule has 0 bridgehead atoms. The van der Waals surface area contributed by atoms with E-state index in [1.165, 1.54) is 12.1 Å². The third-order valence-corrected chi connectivity index (χ3v) is 5.82. The van der Waals surface area contributed by atoms with E-state index in [0.29, 0.717) is 36.7 Å². The third-order valence-electron chi connectivity index (χ3n) is 5.82. The Labute approximate surface area is 195 Å². The van der Waals surface area contributed by atoms with Crippen LogP contribution in [0.1, 0.15) is 12.8 Å². The van der Waals surface area contributed by atoms with Crippen LogP contribution in [0.4, 0.5) is 38.8 Å². The average molecular weight is 465 g/mol. The summed E-state index contributed by atoms with van der Waals surface area (Å²) < 4.78 is 15.0. The summed E-state index contributed by atoms with van der Waals surface area (Å²) in [5.74, 6) is -0.774. The zero-order valence-corrected chi connectivity index (χ0v) is 18.5. The number of hydrogen-bond acceptors (Lipinski definition) is 8. The van der Waals surface area contributed by atoms with Crippen molar-refractivity contribution in [2.45, 2.75) is 12.8 Å². The molecule has 1 fully saturated rings. The number of halogens is 1. The zero-order valence-electron chi connectivity index (χ0n) is 18.5. The quantitative estimate of drug-likeness (QED) is 0.399. The predicted molar refractivity (Wildman–Crippen MR) is 127 cm³/mol. The summed E-state index contributed by atoms with van der Waals surface area (Å²) in [6, 6.07) is 10.9. The van der Waals surface area contributed by atoms with Gasteiger partial charge in [0.05, 0.1) is 16.5 Å². The lowest BCUT2D eigenvalue weighted by molar-refractivity contribution is -0.384. The summed E-state index contributed by atoms with van der Waals surface area (Å²) in [7, 11) is 1.78. The maximum Gasteiger partial charge on any atom is 0.311 e. The number of amides is 1. The molecule has 1 unspecified atom stereocenters. The van der Waals surface area contributed by atoms with Gasteiger partial charge in [-0.15, -0.1) is 0 Å². The van der Waals surface area contributed by atoms with Crippen LogP contribution in [0.15, 0.2) is 54.9 Å². The number of nitrogens with two attached hydrogens (primary N) is 1. The van der Waals surface area contributed by atoms with E-state index >= 15 is 0 Å². The smallest absolute Gasteiger partial charge is 0.311 e. The van der Waals surface area contributed by atoms with Crippen molar-refractivity contribution in [1.29, 1.82) is 0 Å². The maximum atomic E-state index is 15.0. The lowest BCUT2D eigenvalue weighted by atomic mass is 9.97. The summed E-state index contributed by atoms with van der Waals surface area (Å²) in [6.45, 7) is 0.972. The summed E-state index contributed by atoms with van der Waals surface area (Å²) in [5.41, 5.74) is 6.65. The summed E-state index contributed by atoms with van der Waals surface area (Å²) in [4.78, 5) is 34.5. The molecule has 34 heavy (non-hydrogen) atoms. The van der Waals surface area contributed by atoms with Crippen molar-refractivity contribution in [3.05, 3.63) is 70.8 Å². The number of hydrogen-bond donors (Lipinski definition) is 2. The van der Waals surface area contributed by atoms with Crippen LogP contribution >= 0.6 is 0 Å². The highest BCUT2D eigenvalue weighted by atomic mass is 19.1. The first-order chi connectivity index (χ1) is 16.3. The second kappa shape index (κ2) is 9.69. The number of nitrogens with zero attached hydrogens (tertiary/aromatic N) is 5. The monoisotopic (exact) mass is 465 g/mol. The molecule has 0 aliphatic carbocycles. The number of rotatable bonds is 7. The van der Waals surface area contributed by atoms with Gasteiger partial charge in [0, 0.05) is 50.0 Å². The number of pyridine rings is 2. The van der Waals surface area contributed by atoms with Crippen molar-refractivity contribution < 1.29 is 14.1 Å². The van der Waals surface area contributed by atoms with Crippen LogP contribution in [0.2, 0.25) is 0 Å². The molecule has 2 aromatic heterocycles. The number of nitrogens with one attached hydrogen (secondary N) is 1. The lowest BCUT2D eigenvalue weighted by Crippen LogP contribution is -2.41. The van der Waals surface area contributed by atoms with Crippen molar-refractivity contribution in [2.24, 2.45) is 11.7 Å². The van der Waals surface area contributed by atoms with Gasteiger partial charge in [-0.3, -0.25) is 19.9 Å². The van der Waals surface area contributed by atoms with E-state index in [1.807, 2.05) is 0 Å². The highest BCUT2D eigenvalue weighted by molar-refractivity contribution is 5.78. The van der Waals surface area contributed by atoms with Crippen LogP contribution in [0, 0.1) is 21.8 Å². The minimum Gasteiger partial charge on any atom is -0.369 e. The van der Waals surface area contributed by atoms with Crippen molar-refractivity contribution in [3.8, 4) is 0 Å². The molecule has 3 aromatic rings. The minimum atomic E-state index is -0.548. The molecule has 11 heteroatoms. The Hall–Kier alpha value is -4.28. The topological polar surface area (TPSA) is 131 Å². The van der Waals surface area contributed by atoms with Gasteiger partial charge in [-0.1, -0.05) is 0 Å². The standard InChI is InChI=1S/C23H24FN7O3/c1-29(17-8-10-26-11-9-17)21-7-6-20(31(33)34)23(28-21)27-16-4-5-19(18(24)13-16)30-12-2-3-15(14-30)22(25)32/h4-11,13,15H,2-3,12,14H2,1H3,(H2,25,32)(H,27,28). The second-order valence-corrected chi connectivity index (χ2v) is 8.04. The van der Waals surface area contributed by atoms with Crippen LogP contribution in [0.25, 0.3) is 0 Å². The van der Waals surface area contributed by atoms with Gasteiger partial charge in [-0.25, -0.2) is 9.37 Å². The number of primary amides is 1. The van der Waals surface area contributed by atoms with Crippen LogP contribution < -0.4 is 20.9 Å². The van der Waals surface area contributed by atoms with E-state index in [9.17, 15) is 19.3 Å². The Morgan fingerprint density at radius 2 is 2.03 bits per heavy atom. The molecule has 3 N–H and O–H groups in total. The van der Waals surface area contributed by atoms with Crippen LogP contribution in [0.5, 0.6) is 0 Å². The van der Waals surface area contributed by atoms with Gasteiger partial charge in [-0.05, 0) is 49.2 Å². The molecule has 1 aromatic carbocycles. The summed E-state index contributed by atoms with van der Waals surface area (Å²) >= 11 is 0. The van der Waals surface area contributed by atoms with Gasteiger partial charge >= 0.3 is 5.69 Å². The number of nitro groups is 1. The Bertz CT molecular complexity index is 1210. The molecular formula is C23H24FN7O3. The van der Waals surface area contributed by atoms with E-state index < -0.39 is 16.6 Å². The Balaban J connectivity index is 1.59. The first kappa shape index (κ1) is 22.9. The van der Waals surface area contributed by atoms with E-state index in [-0.39, 0.29) is 17.4 Å². The fourth-order valence-electron chi connectivity index (χ4n) is 3.97. The fourth-order valence-corrected chi connectivity index (χ4v) is 3.97. The van der Waals surface area contributed by atoms with E-state index in [4.69, 9.17) is 5.73 Å². The highest BCUT2D eigenvalue weighted by Crippen LogP contribution is 2.33. The van der Waals surface area contributed by atoms with Crippen molar-refractivity contribution in [2.75, 3.05) is 35.3 Å². The van der Waals surface area contributed by atoms with Gasteiger partial charge in [-0.2, -0.15) is 0 Å². The second-order valence-electron chi connectivity index (χ2n) is 8.04. The predicted octanol–water partition coefficient (Wildman–Crippen LogP) is 3.74. The molecule has 0 saturated carbocycles. The molecule has 1 aliphatic rings. The third kappa shape index (κ3) is 4.87. The van der Waals surface area contributed by atoms with Crippen LogP contribution in [-0.4, -0.2) is 40.9 Å². The SMILES string of the molecule is CN(c1ccncc1)c1ccc([N+](=O)[O-])c(Nc2ccc(N3CCCC(C(N)=O)C3)c(F)c2)n1. The molecule has 176 valence electrons. The molecule has 1 aliphatic heterocycles. The number of anilines is 5. The number of aromatic nitrogens is 2. The fraction of sp³-hybridized carbons (Fsp3) is 0.261. The molecule has 0 radical (unpaired) electrons. The van der Waals surface area contributed by atoms with Crippen molar-refractivity contribution in [1.82, 2.24) is 9.97 Å². The Morgan fingerprint density at radius 3 is 2.71 bits per heavy atom. The van der Waals surface area contributed by atoms with Crippen molar-refractivity contribution >= 4 is 40.3 Å². The summed E-state index contributed by atoms with van der Waals surface area (Å²) in [5, 5.41) is 14.4. The van der Waals surface area contributed by atoms with E-state index in [0.717, 1.165) is 12.1 Å². The van der Waals surface area contributed by atoms with Crippen molar-refractivity contribution in [3.63, 3.8) is 0 Å². The number of carbonyl (C=O) groups excluding carboxylic acids is 1. The molecule has 1 atom stereocenters. The van der Waals surface area contributed by atoms with Crippen LogP contribution in [-0.2, 0) is 4.79 Å². The minimum absolute atomic E-state index is 0.0117. The molecule has 0 spiro atoms. The number of benzene rings is 1. The van der Waals surface area contributed by atoms with E-state index in [1.54, 1.807) is 59.6 Å². The molecular weight excluding hydrogens is 441 g/mol. The summed E-state index contributed by atoms with van der Waals surface area (Å²) in [6.07, 6.45) is 4.69. The van der Waals surface area contributed by atoms with Gasteiger partial charge < -0.3 is 20.9 Å². The average Bonchev–Trinajstić information content (AvgIpc) is 2.84. The highest BCUT2D eigenvalue weighted by Gasteiger charge is 2.26. The zero-order chi connectivity index (χ0) is 24.2. The van der Waals surface area contributed by atoms with Gasteiger partial charge in [0.2, 0.25) is 11.7 Å². The lowest BCUT2D eigenvalue weighted by Gasteiger charge is -2.33. The van der Waals surface area contributed by atoms with Crippen LogP contribution in [0.3, 0.4) is 0 Å². The normalized spacial score (nSPS) is 15.6. The molecule has 1 saturated heterocycles. The largest absolute Gasteiger partial charge is 0.369 e. The van der Waals surface area contributed by atoms with Gasteiger partial charge in [0.25, 0.3) is 0 Å². The Morgan fingerprint density at radius 1 is 1.26 bits per heavy atom. The molecule has 10 nitrogen and oxygen atoms in total. The van der Waals surface area contributed by atoms with Gasteiger partial charge in [0.1, 0.15) is 11.6 Å². The number of piperidine rings is 1. The Kier molecular flexibility index (Phi) is 6.53. The first-order valence-corrected chi connectivity index (χ1v) is 10.7. The van der Waals surface area contributed by atoms with Gasteiger partial charge in [0.15, 0.2) is 0 Å². The number of carbonyl (C=O) groups is 1. The van der Waals surface area contributed by atoms with E-state index in [2.05, 4.69) is 15.3 Å². The maximum absolute atomic E-state index is 15.0. The molecule has 4 rings (SSSR count).